The van der Waals surface area contributed by atoms with Crippen LogP contribution in [0.15, 0.2) is 36.4 Å². The predicted molar refractivity (Wildman–Crippen MR) is 78.8 cm³/mol. The van der Waals surface area contributed by atoms with E-state index in [0.29, 0.717) is 33.7 Å². The van der Waals surface area contributed by atoms with Gasteiger partial charge in [-0.05, 0) is 29.8 Å². The molecule has 2 rings (SSSR count). The summed E-state index contributed by atoms with van der Waals surface area (Å²) in [5, 5.41) is 9.43. The van der Waals surface area contributed by atoms with E-state index in [9.17, 15) is 0 Å². The zero-order valence-electron chi connectivity index (χ0n) is 10.7. The normalized spacial score (nSPS) is 9.90. The molecule has 0 aliphatic heterocycles. The largest absolute Gasteiger partial charge is 0.497 e. The molecule has 0 saturated carbocycles. The first kappa shape index (κ1) is 14.5. The SMILES string of the molecule is COc1cc(C#N)cc(Oc2ccc(CCl)cc2Cl)c1. The number of nitriles is 1. The summed E-state index contributed by atoms with van der Waals surface area (Å²) in [6.07, 6.45) is 0. The van der Waals surface area contributed by atoms with Crippen LogP contribution in [-0.4, -0.2) is 7.11 Å². The quantitative estimate of drug-likeness (QED) is 0.765. The van der Waals surface area contributed by atoms with Gasteiger partial charge < -0.3 is 9.47 Å². The average Bonchev–Trinajstić information content (AvgIpc) is 2.48. The van der Waals surface area contributed by atoms with Gasteiger partial charge in [0.15, 0.2) is 0 Å². The minimum atomic E-state index is 0.387. The maximum Gasteiger partial charge on any atom is 0.146 e. The van der Waals surface area contributed by atoms with E-state index >= 15 is 0 Å². The predicted octanol–water partition coefficient (Wildman–Crippen LogP) is 4.75. The van der Waals surface area contributed by atoms with Crippen LogP contribution in [0.5, 0.6) is 17.2 Å². The summed E-state index contributed by atoms with van der Waals surface area (Å²) in [5.74, 6) is 1.92. The van der Waals surface area contributed by atoms with Crippen molar-refractivity contribution in [3.63, 3.8) is 0 Å². The van der Waals surface area contributed by atoms with Gasteiger partial charge in [0, 0.05) is 11.9 Å². The first-order chi connectivity index (χ1) is 9.66. The van der Waals surface area contributed by atoms with Crippen molar-refractivity contribution in [3.8, 4) is 23.3 Å². The second-order valence-electron chi connectivity index (χ2n) is 4.01. The van der Waals surface area contributed by atoms with Crippen LogP contribution in [0, 0.1) is 11.3 Å². The number of nitrogens with zero attached hydrogens (tertiary/aromatic N) is 1. The Morgan fingerprint density at radius 3 is 2.50 bits per heavy atom. The Hall–Kier alpha value is -1.89. The van der Waals surface area contributed by atoms with Crippen LogP contribution in [-0.2, 0) is 5.88 Å². The lowest BCUT2D eigenvalue weighted by Gasteiger charge is -2.10. The van der Waals surface area contributed by atoms with Crippen LogP contribution in [0.4, 0.5) is 0 Å². The zero-order chi connectivity index (χ0) is 14.5. The highest BCUT2D eigenvalue weighted by Gasteiger charge is 2.07. The number of hydrogen-bond acceptors (Lipinski definition) is 3. The van der Waals surface area contributed by atoms with Gasteiger partial charge in [0.25, 0.3) is 0 Å². The van der Waals surface area contributed by atoms with E-state index in [1.54, 1.807) is 30.3 Å². The van der Waals surface area contributed by atoms with Gasteiger partial charge in [-0.1, -0.05) is 17.7 Å². The molecule has 2 aromatic rings. The second kappa shape index (κ2) is 6.51. The van der Waals surface area contributed by atoms with Gasteiger partial charge in [0.1, 0.15) is 17.2 Å². The first-order valence-corrected chi connectivity index (χ1v) is 6.69. The molecule has 2 aromatic carbocycles. The van der Waals surface area contributed by atoms with Crippen LogP contribution in [0.3, 0.4) is 0 Å². The third kappa shape index (κ3) is 3.36. The van der Waals surface area contributed by atoms with E-state index in [4.69, 9.17) is 37.9 Å². The summed E-state index contributed by atoms with van der Waals surface area (Å²) in [7, 11) is 1.53. The minimum absolute atomic E-state index is 0.387. The Labute approximate surface area is 127 Å². The van der Waals surface area contributed by atoms with Gasteiger partial charge in [-0.3, -0.25) is 0 Å². The molecule has 20 heavy (non-hydrogen) atoms. The Morgan fingerprint density at radius 1 is 1.15 bits per heavy atom. The van der Waals surface area contributed by atoms with Crippen molar-refractivity contribution in [3.05, 3.63) is 52.5 Å². The van der Waals surface area contributed by atoms with Crippen molar-refractivity contribution in [2.75, 3.05) is 7.11 Å². The highest BCUT2D eigenvalue weighted by atomic mass is 35.5. The van der Waals surface area contributed by atoms with Crippen molar-refractivity contribution in [2.24, 2.45) is 0 Å². The second-order valence-corrected chi connectivity index (χ2v) is 4.68. The van der Waals surface area contributed by atoms with Gasteiger partial charge in [-0.15, -0.1) is 11.6 Å². The Morgan fingerprint density at radius 2 is 1.90 bits per heavy atom. The molecule has 0 saturated heterocycles. The number of benzene rings is 2. The molecule has 0 bridgehead atoms. The molecule has 0 amide bonds. The summed E-state index contributed by atoms with van der Waals surface area (Å²) >= 11 is 11.9. The molecule has 0 heterocycles. The van der Waals surface area contributed by atoms with Crippen molar-refractivity contribution in [2.45, 2.75) is 5.88 Å². The van der Waals surface area contributed by atoms with Crippen molar-refractivity contribution < 1.29 is 9.47 Å². The number of rotatable bonds is 4. The molecule has 0 atom stereocenters. The Kier molecular flexibility index (Phi) is 4.73. The van der Waals surface area contributed by atoms with Gasteiger partial charge in [-0.2, -0.15) is 5.26 Å². The van der Waals surface area contributed by atoms with E-state index < -0.39 is 0 Å². The average molecular weight is 308 g/mol. The summed E-state index contributed by atoms with van der Waals surface area (Å²) < 4.78 is 10.8. The van der Waals surface area contributed by atoms with Gasteiger partial charge in [0.05, 0.1) is 23.8 Å². The zero-order valence-corrected chi connectivity index (χ0v) is 12.2. The van der Waals surface area contributed by atoms with Crippen molar-refractivity contribution >= 4 is 23.2 Å². The molecular formula is C15H11Cl2NO2. The number of methoxy groups -OCH3 is 1. The van der Waals surface area contributed by atoms with E-state index in [1.165, 1.54) is 7.11 Å². The third-order valence-corrected chi connectivity index (χ3v) is 3.23. The van der Waals surface area contributed by atoms with Crippen LogP contribution >= 0.6 is 23.2 Å². The smallest absolute Gasteiger partial charge is 0.146 e. The maximum atomic E-state index is 8.97. The standard InChI is InChI=1S/C15H11Cl2NO2/c1-19-12-4-11(9-18)5-13(7-12)20-15-3-2-10(8-16)6-14(15)17/h2-7H,8H2,1H3. The van der Waals surface area contributed by atoms with Crippen LogP contribution in [0.2, 0.25) is 5.02 Å². The van der Waals surface area contributed by atoms with Crippen LogP contribution in [0.1, 0.15) is 11.1 Å². The fourth-order valence-corrected chi connectivity index (χ4v) is 2.06. The fourth-order valence-electron chi connectivity index (χ4n) is 1.65. The van der Waals surface area contributed by atoms with E-state index in [-0.39, 0.29) is 0 Å². The summed E-state index contributed by atoms with van der Waals surface area (Å²) in [6.45, 7) is 0. The summed E-state index contributed by atoms with van der Waals surface area (Å²) in [4.78, 5) is 0. The number of alkyl halides is 1. The van der Waals surface area contributed by atoms with Gasteiger partial charge in [0.2, 0.25) is 0 Å². The summed E-state index contributed by atoms with van der Waals surface area (Å²) in [5.41, 5.74) is 1.36. The van der Waals surface area contributed by atoms with Crippen molar-refractivity contribution in [1.29, 1.82) is 5.26 Å². The van der Waals surface area contributed by atoms with Gasteiger partial charge in [-0.25, -0.2) is 0 Å². The number of halogens is 2. The summed E-state index contributed by atoms with van der Waals surface area (Å²) in [6, 6.07) is 12.3. The van der Waals surface area contributed by atoms with Crippen LogP contribution in [0.25, 0.3) is 0 Å². The highest BCUT2D eigenvalue weighted by Crippen LogP contribution is 2.32. The molecule has 0 aliphatic carbocycles. The molecule has 0 fully saturated rings. The number of hydrogen-bond donors (Lipinski definition) is 0. The first-order valence-electron chi connectivity index (χ1n) is 5.77. The lowest BCUT2D eigenvalue weighted by atomic mass is 10.2. The molecule has 0 unspecified atom stereocenters. The molecule has 0 aromatic heterocycles. The molecule has 0 radical (unpaired) electrons. The highest BCUT2D eigenvalue weighted by molar-refractivity contribution is 6.32. The molecular weight excluding hydrogens is 297 g/mol. The molecule has 102 valence electrons. The monoisotopic (exact) mass is 307 g/mol. The molecule has 0 spiro atoms. The third-order valence-electron chi connectivity index (χ3n) is 2.62. The fraction of sp³-hybridized carbons (Fsp3) is 0.133. The maximum absolute atomic E-state index is 8.97. The van der Waals surface area contributed by atoms with Crippen LogP contribution < -0.4 is 9.47 Å². The van der Waals surface area contributed by atoms with Gasteiger partial charge >= 0.3 is 0 Å². The Bertz CT molecular complexity index is 665. The van der Waals surface area contributed by atoms with E-state index in [0.717, 1.165) is 5.56 Å². The minimum Gasteiger partial charge on any atom is -0.497 e. The molecule has 0 N–H and O–H groups in total. The Balaban J connectivity index is 2.32. The van der Waals surface area contributed by atoms with E-state index in [2.05, 4.69) is 6.07 Å². The molecule has 0 aliphatic rings. The number of ether oxygens (including phenoxy) is 2. The topological polar surface area (TPSA) is 42.2 Å². The van der Waals surface area contributed by atoms with E-state index in [1.807, 2.05) is 6.07 Å². The molecule has 3 nitrogen and oxygen atoms in total. The molecule has 5 heteroatoms. The lowest BCUT2D eigenvalue weighted by molar-refractivity contribution is 0.409. The van der Waals surface area contributed by atoms with Crippen molar-refractivity contribution in [1.82, 2.24) is 0 Å². The lowest BCUT2D eigenvalue weighted by Crippen LogP contribution is -1.90.